The number of carbonyl (C=O) groups excluding carboxylic acids is 1. The Morgan fingerprint density at radius 3 is 2.53 bits per heavy atom. The molecule has 6 heteroatoms. The fourth-order valence-electron chi connectivity index (χ4n) is 2.21. The molecule has 0 aromatic heterocycles. The molecule has 108 valence electrons. The molecule has 0 aromatic rings. The number of nitrogens with zero attached hydrogens (tertiary/aromatic N) is 3. The Morgan fingerprint density at radius 1 is 1.37 bits per heavy atom. The molecule has 0 aromatic carbocycles. The summed E-state index contributed by atoms with van der Waals surface area (Å²) in [6.07, 6.45) is 0. The van der Waals surface area contributed by atoms with Crippen molar-refractivity contribution in [2.45, 2.75) is 25.9 Å². The van der Waals surface area contributed by atoms with Crippen LogP contribution < -0.4 is 5.32 Å². The zero-order valence-corrected chi connectivity index (χ0v) is 12.1. The zero-order chi connectivity index (χ0) is 14.3. The van der Waals surface area contributed by atoms with Crippen LogP contribution in [0.4, 0.5) is 0 Å². The van der Waals surface area contributed by atoms with Gasteiger partial charge in [0.2, 0.25) is 5.91 Å². The average Bonchev–Trinajstić information content (AvgIpc) is 2.38. The maximum atomic E-state index is 11.8. The van der Waals surface area contributed by atoms with Gasteiger partial charge in [-0.15, -0.1) is 0 Å². The van der Waals surface area contributed by atoms with Gasteiger partial charge in [0.25, 0.3) is 0 Å². The van der Waals surface area contributed by atoms with E-state index in [0.29, 0.717) is 13.2 Å². The average molecular weight is 268 g/mol. The van der Waals surface area contributed by atoms with Crippen molar-refractivity contribution in [1.82, 2.24) is 15.1 Å². The number of nitriles is 1. The number of nitrogens with one attached hydrogen (secondary N) is 1. The smallest absolute Gasteiger partial charge is 0.234 e. The van der Waals surface area contributed by atoms with Gasteiger partial charge in [-0.05, 0) is 13.8 Å². The van der Waals surface area contributed by atoms with E-state index in [9.17, 15) is 4.79 Å². The van der Waals surface area contributed by atoms with E-state index < -0.39 is 0 Å². The molecule has 1 saturated heterocycles. The van der Waals surface area contributed by atoms with Gasteiger partial charge in [-0.25, -0.2) is 0 Å². The number of hydrogen-bond acceptors (Lipinski definition) is 5. The van der Waals surface area contributed by atoms with Crippen LogP contribution in [-0.2, 0) is 9.53 Å². The van der Waals surface area contributed by atoms with Gasteiger partial charge < -0.3 is 10.1 Å². The van der Waals surface area contributed by atoms with Crippen LogP contribution in [-0.4, -0.2) is 74.2 Å². The second kappa shape index (κ2) is 8.10. The minimum absolute atomic E-state index is 0.0336. The molecule has 1 aliphatic rings. The van der Waals surface area contributed by atoms with Crippen molar-refractivity contribution in [3.05, 3.63) is 0 Å². The number of hydrogen-bond donors (Lipinski definition) is 1. The molecule has 2 unspecified atom stereocenters. The predicted molar refractivity (Wildman–Crippen MR) is 72.6 cm³/mol. The van der Waals surface area contributed by atoms with Gasteiger partial charge in [0.1, 0.15) is 0 Å². The molecule has 0 spiro atoms. The standard InChI is InChI=1S/C13H24N4O2/c1-11(10-19-3)15-13(18)9-16-4-6-17(7-5-16)12(2)8-14/h11-12H,4-7,9-10H2,1-3H3,(H,15,18). The lowest BCUT2D eigenvalue weighted by atomic mass is 10.2. The van der Waals surface area contributed by atoms with Gasteiger partial charge in [-0.1, -0.05) is 0 Å². The first kappa shape index (κ1) is 15.9. The van der Waals surface area contributed by atoms with Crippen LogP contribution in [0.3, 0.4) is 0 Å². The highest BCUT2D eigenvalue weighted by atomic mass is 16.5. The third-order valence-electron chi connectivity index (χ3n) is 3.33. The number of methoxy groups -OCH3 is 1. The topological polar surface area (TPSA) is 68.6 Å². The third-order valence-corrected chi connectivity index (χ3v) is 3.33. The van der Waals surface area contributed by atoms with Crippen LogP contribution in [0.2, 0.25) is 0 Å². The number of ether oxygens (including phenoxy) is 1. The number of piperazine rings is 1. The molecule has 1 aliphatic heterocycles. The predicted octanol–water partition coefficient (Wildman–Crippen LogP) is -0.333. The fourth-order valence-corrected chi connectivity index (χ4v) is 2.21. The second-order valence-electron chi connectivity index (χ2n) is 5.04. The highest BCUT2D eigenvalue weighted by Crippen LogP contribution is 2.05. The normalized spacial score (nSPS) is 20.5. The maximum absolute atomic E-state index is 11.8. The Hall–Kier alpha value is -1.16. The SMILES string of the molecule is COCC(C)NC(=O)CN1CCN(C(C)C#N)CC1. The highest BCUT2D eigenvalue weighted by molar-refractivity contribution is 5.78. The molecule has 0 saturated carbocycles. The van der Waals surface area contributed by atoms with Crippen LogP contribution in [0.15, 0.2) is 0 Å². The summed E-state index contributed by atoms with van der Waals surface area (Å²) in [5.41, 5.74) is 0. The fraction of sp³-hybridized carbons (Fsp3) is 0.846. The van der Waals surface area contributed by atoms with Gasteiger partial charge in [0.05, 0.1) is 25.3 Å². The summed E-state index contributed by atoms with van der Waals surface area (Å²) < 4.78 is 4.98. The summed E-state index contributed by atoms with van der Waals surface area (Å²) in [7, 11) is 1.62. The first-order valence-corrected chi connectivity index (χ1v) is 6.71. The Kier molecular flexibility index (Phi) is 6.78. The molecule has 1 rings (SSSR count). The van der Waals surface area contributed by atoms with Crippen LogP contribution in [0.5, 0.6) is 0 Å². The quantitative estimate of drug-likeness (QED) is 0.714. The Balaban J connectivity index is 2.25. The lowest BCUT2D eigenvalue weighted by Crippen LogP contribution is -2.52. The first-order chi connectivity index (χ1) is 9.06. The molecular formula is C13H24N4O2. The zero-order valence-electron chi connectivity index (χ0n) is 12.1. The molecule has 0 aliphatic carbocycles. The van der Waals surface area contributed by atoms with Crippen LogP contribution in [0.25, 0.3) is 0 Å². The maximum Gasteiger partial charge on any atom is 0.234 e. The van der Waals surface area contributed by atoms with E-state index >= 15 is 0 Å². The van der Waals surface area contributed by atoms with Crippen LogP contribution in [0, 0.1) is 11.3 Å². The van der Waals surface area contributed by atoms with E-state index in [0.717, 1.165) is 26.2 Å². The molecule has 0 bridgehead atoms. The lowest BCUT2D eigenvalue weighted by molar-refractivity contribution is -0.123. The van der Waals surface area contributed by atoms with E-state index in [-0.39, 0.29) is 18.0 Å². The van der Waals surface area contributed by atoms with Gasteiger partial charge in [0, 0.05) is 39.3 Å². The van der Waals surface area contributed by atoms with Crippen molar-refractivity contribution in [1.29, 1.82) is 5.26 Å². The molecule has 1 fully saturated rings. The first-order valence-electron chi connectivity index (χ1n) is 6.71. The van der Waals surface area contributed by atoms with Gasteiger partial charge in [-0.3, -0.25) is 14.6 Å². The van der Waals surface area contributed by atoms with Crippen LogP contribution in [0.1, 0.15) is 13.8 Å². The van der Waals surface area contributed by atoms with E-state index in [1.54, 1.807) is 7.11 Å². The van der Waals surface area contributed by atoms with Crippen molar-refractivity contribution in [3.8, 4) is 6.07 Å². The Morgan fingerprint density at radius 2 is 2.00 bits per heavy atom. The van der Waals surface area contributed by atoms with Gasteiger partial charge in [-0.2, -0.15) is 5.26 Å². The highest BCUT2D eigenvalue weighted by Gasteiger charge is 2.22. The minimum Gasteiger partial charge on any atom is -0.383 e. The molecule has 2 atom stereocenters. The largest absolute Gasteiger partial charge is 0.383 e. The van der Waals surface area contributed by atoms with Crippen molar-refractivity contribution in [2.24, 2.45) is 0 Å². The summed E-state index contributed by atoms with van der Waals surface area (Å²) in [4.78, 5) is 16.1. The summed E-state index contributed by atoms with van der Waals surface area (Å²) in [6, 6.07) is 2.24. The van der Waals surface area contributed by atoms with Crippen molar-refractivity contribution >= 4 is 5.91 Å². The minimum atomic E-state index is -0.0438. The summed E-state index contributed by atoms with van der Waals surface area (Å²) in [6.45, 7) is 8.13. The monoisotopic (exact) mass is 268 g/mol. The van der Waals surface area contributed by atoms with E-state index in [1.165, 1.54) is 0 Å². The van der Waals surface area contributed by atoms with Crippen molar-refractivity contribution in [2.75, 3.05) is 46.4 Å². The van der Waals surface area contributed by atoms with E-state index in [4.69, 9.17) is 10.00 Å². The second-order valence-corrected chi connectivity index (χ2v) is 5.04. The number of rotatable bonds is 6. The Bertz CT molecular complexity index is 321. The van der Waals surface area contributed by atoms with Gasteiger partial charge >= 0.3 is 0 Å². The molecule has 1 heterocycles. The molecule has 1 amide bonds. The third kappa shape index (κ3) is 5.55. The van der Waals surface area contributed by atoms with Crippen molar-refractivity contribution in [3.63, 3.8) is 0 Å². The number of amides is 1. The van der Waals surface area contributed by atoms with Crippen molar-refractivity contribution < 1.29 is 9.53 Å². The van der Waals surface area contributed by atoms with Crippen LogP contribution >= 0.6 is 0 Å². The molecule has 6 nitrogen and oxygen atoms in total. The molecule has 0 radical (unpaired) electrons. The lowest BCUT2D eigenvalue weighted by Gasteiger charge is -2.35. The molecule has 19 heavy (non-hydrogen) atoms. The summed E-state index contributed by atoms with van der Waals surface area (Å²) >= 11 is 0. The van der Waals surface area contributed by atoms with Gasteiger partial charge in [0.15, 0.2) is 0 Å². The van der Waals surface area contributed by atoms with E-state index in [2.05, 4.69) is 21.2 Å². The summed E-state index contributed by atoms with van der Waals surface area (Å²) in [5, 5.41) is 11.8. The molecular weight excluding hydrogens is 244 g/mol. The summed E-state index contributed by atoms with van der Waals surface area (Å²) in [5.74, 6) is 0.0336. The Labute approximate surface area is 115 Å². The van der Waals surface area contributed by atoms with E-state index in [1.807, 2.05) is 13.8 Å². The molecule has 1 N–H and O–H groups in total. The number of carbonyl (C=O) groups is 1.